The van der Waals surface area contributed by atoms with E-state index in [2.05, 4.69) is 21.2 Å². The number of halogens is 2. The number of nitrogens with one attached hydrogen (secondary N) is 1. The van der Waals surface area contributed by atoms with Crippen LogP contribution in [-0.2, 0) is 32.6 Å². The first-order valence-electron chi connectivity index (χ1n) is 15.3. The molecule has 0 bridgehead atoms. The molecule has 1 saturated carbocycles. The molecule has 0 saturated heterocycles. The Labute approximate surface area is 284 Å². The largest absolute Gasteiger partial charge is 0.352 e. The fourth-order valence-electron chi connectivity index (χ4n) is 5.71. The van der Waals surface area contributed by atoms with Crippen LogP contribution >= 0.6 is 27.5 Å². The van der Waals surface area contributed by atoms with Crippen LogP contribution in [0.4, 0.5) is 5.69 Å². The van der Waals surface area contributed by atoms with Crippen molar-refractivity contribution >= 4 is 55.1 Å². The van der Waals surface area contributed by atoms with Crippen molar-refractivity contribution in [2.24, 2.45) is 0 Å². The van der Waals surface area contributed by atoms with Crippen molar-refractivity contribution in [3.8, 4) is 0 Å². The SMILES string of the molecule is Cc1ccc(S(=O)(=O)N(CC(=O)N(Cc2ccc(Cl)cc2)[C@@H](Cc2ccccc2)C(=O)NC2CCCC2)c2cccc(Br)c2)cc1. The van der Waals surface area contributed by atoms with Gasteiger partial charge in [0.2, 0.25) is 11.8 Å². The van der Waals surface area contributed by atoms with Gasteiger partial charge in [-0.2, -0.15) is 0 Å². The fraction of sp³-hybridized carbons (Fsp3) is 0.278. The molecule has 0 aliphatic heterocycles. The van der Waals surface area contributed by atoms with Crippen LogP contribution in [0.15, 0.2) is 112 Å². The van der Waals surface area contributed by atoms with Gasteiger partial charge in [-0.1, -0.05) is 107 Å². The van der Waals surface area contributed by atoms with Crippen LogP contribution in [0.1, 0.15) is 42.4 Å². The minimum Gasteiger partial charge on any atom is -0.352 e. The number of carbonyl (C=O) groups is 2. The predicted molar refractivity (Wildman–Crippen MR) is 186 cm³/mol. The number of hydrogen-bond donors (Lipinski definition) is 1. The Kier molecular flexibility index (Phi) is 11.2. The van der Waals surface area contributed by atoms with Gasteiger partial charge in [-0.25, -0.2) is 8.42 Å². The standard InChI is InChI=1S/C36H37BrClN3O4S/c1-26-14-20-33(21-15-26)46(44,45)41(32-13-7-10-29(37)23-32)25-35(42)40(24-28-16-18-30(38)19-17-28)34(22-27-8-3-2-4-9-27)36(43)39-31-11-5-6-12-31/h2-4,7-10,13-21,23,31,34H,5-6,11-12,22,24-25H2,1H3,(H,39,43)/t34-/m0/s1. The zero-order valence-electron chi connectivity index (χ0n) is 25.6. The van der Waals surface area contributed by atoms with Gasteiger partial charge in [-0.15, -0.1) is 0 Å². The van der Waals surface area contributed by atoms with Crippen LogP contribution in [0, 0.1) is 6.92 Å². The molecule has 1 atom stereocenters. The quantitative estimate of drug-likeness (QED) is 0.166. The second kappa shape index (κ2) is 15.3. The molecule has 4 aromatic carbocycles. The maximum absolute atomic E-state index is 14.6. The summed E-state index contributed by atoms with van der Waals surface area (Å²) in [4.78, 5) is 30.2. The van der Waals surface area contributed by atoms with Gasteiger partial charge in [0.25, 0.3) is 10.0 Å². The molecular weight excluding hydrogens is 686 g/mol. The number of aryl methyl sites for hydroxylation is 1. The van der Waals surface area contributed by atoms with Crippen molar-refractivity contribution in [2.75, 3.05) is 10.8 Å². The highest BCUT2D eigenvalue weighted by molar-refractivity contribution is 9.10. The van der Waals surface area contributed by atoms with Crippen molar-refractivity contribution in [3.63, 3.8) is 0 Å². The van der Waals surface area contributed by atoms with Gasteiger partial charge in [0.05, 0.1) is 10.6 Å². The fourth-order valence-corrected chi connectivity index (χ4v) is 7.62. The molecule has 0 spiro atoms. The summed E-state index contributed by atoms with van der Waals surface area (Å²) in [6.45, 7) is 1.45. The van der Waals surface area contributed by atoms with Crippen LogP contribution in [0.5, 0.6) is 0 Å². The van der Waals surface area contributed by atoms with Crippen molar-refractivity contribution in [1.82, 2.24) is 10.2 Å². The Morgan fingerprint density at radius 1 is 0.891 bits per heavy atom. The minimum atomic E-state index is -4.17. The lowest BCUT2D eigenvalue weighted by molar-refractivity contribution is -0.140. The Hall–Kier alpha value is -3.66. The molecule has 2 amide bonds. The molecule has 5 rings (SSSR count). The number of amides is 2. The number of nitrogens with zero attached hydrogens (tertiary/aromatic N) is 2. The third kappa shape index (κ3) is 8.57. The van der Waals surface area contributed by atoms with Gasteiger partial charge < -0.3 is 10.2 Å². The van der Waals surface area contributed by atoms with Crippen molar-refractivity contribution in [3.05, 3.63) is 129 Å². The average Bonchev–Trinajstić information content (AvgIpc) is 3.56. The van der Waals surface area contributed by atoms with E-state index in [4.69, 9.17) is 11.6 Å². The van der Waals surface area contributed by atoms with E-state index in [1.807, 2.05) is 49.4 Å². The van der Waals surface area contributed by atoms with Gasteiger partial charge >= 0.3 is 0 Å². The topological polar surface area (TPSA) is 86.8 Å². The molecule has 0 unspecified atom stereocenters. The highest BCUT2D eigenvalue weighted by atomic mass is 79.9. The van der Waals surface area contributed by atoms with Crippen LogP contribution < -0.4 is 9.62 Å². The lowest BCUT2D eigenvalue weighted by atomic mass is 10.0. The first-order valence-corrected chi connectivity index (χ1v) is 17.9. The van der Waals surface area contributed by atoms with Gasteiger partial charge in [-0.05, 0) is 73.4 Å². The van der Waals surface area contributed by atoms with Gasteiger partial charge in [-0.3, -0.25) is 13.9 Å². The summed E-state index contributed by atoms with van der Waals surface area (Å²) in [7, 11) is -4.17. The van der Waals surface area contributed by atoms with Crippen molar-refractivity contribution in [2.45, 2.75) is 62.6 Å². The number of carbonyl (C=O) groups excluding carboxylic acids is 2. The zero-order valence-corrected chi connectivity index (χ0v) is 28.8. The molecule has 0 aromatic heterocycles. The number of benzene rings is 4. The van der Waals surface area contributed by atoms with E-state index in [0.717, 1.165) is 46.7 Å². The van der Waals surface area contributed by atoms with E-state index in [-0.39, 0.29) is 29.8 Å². The summed E-state index contributed by atoms with van der Waals surface area (Å²) in [6, 6.07) is 29.2. The lowest BCUT2D eigenvalue weighted by Crippen LogP contribution is -2.54. The van der Waals surface area contributed by atoms with Gasteiger partial charge in [0.1, 0.15) is 12.6 Å². The minimum absolute atomic E-state index is 0.0401. The number of hydrogen-bond acceptors (Lipinski definition) is 4. The summed E-state index contributed by atoms with van der Waals surface area (Å²) in [6.07, 6.45) is 4.13. The molecule has 10 heteroatoms. The van der Waals surface area contributed by atoms with E-state index in [0.29, 0.717) is 15.2 Å². The molecule has 1 N–H and O–H groups in total. The van der Waals surface area contributed by atoms with E-state index in [1.54, 1.807) is 60.7 Å². The Bertz CT molecular complexity index is 1750. The van der Waals surface area contributed by atoms with Crippen LogP contribution in [-0.4, -0.2) is 43.8 Å². The van der Waals surface area contributed by atoms with Crippen LogP contribution in [0.3, 0.4) is 0 Å². The highest BCUT2D eigenvalue weighted by Gasteiger charge is 2.35. The maximum Gasteiger partial charge on any atom is 0.264 e. The number of anilines is 1. The average molecular weight is 723 g/mol. The smallest absolute Gasteiger partial charge is 0.264 e. The third-order valence-electron chi connectivity index (χ3n) is 8.22. The summed E-state index contributed by atoms with van der Waals surface area (Å²) in [5.74, 6) is -0.762. The first kappa shape index (κ1) is 33.7. The summed E-state index contributed by atoms with van der Waals surface area (Å²) in [5, 5.41) is 3.74. The van der Waals surface area contributed by atoms with E-state index in [9.17, 15) is 18.0 Å². The monoisotopic (exact) mass is 721 g/mol. The van der Waals surface area contributed by atoms with E-state index < -0.39 is 28.5 Å². The van der Waals surface area contributed by atoms with Gasteiger partial charge in [0, 0.05) is 28.5 Å². The maximum atomic E-state index is 14.6. The van der Waals surface area contributed by atoms with Crippen LogP contribution in [0.25, 0.3) is 0 Å². The molecule has 46 heavy (non-hydrogen) atoms. The molecule has 4 aromatic rings. The van der Waals surface area contributed by atoms with Crippen molar-refractivity contribution < 1.29 is 18.0 Å². The van der Waals surface area contributed by atoms with Gasteiger partial charge in [0.15, 0.2) is 0 Å². The lowest BCUT2D eigenvalue weighted by Gasteiger charge is -2.34. The predicted octanol–water partition coefficient (Wildman–Crippen LogP) is 7.31. The molecule has 7 nitrogen and oxygen atoms in total. The molecule has 1 aliphatic rings. The van der Waals surface area contributed by atoms with Crippen molar-refractivity contribution in [1.29, 1.82) is 0 Å². The summed E-state index contributed by atoms with van der Waals surface area (Å²) < 4.78 is 30.1. The number of rotatable bonds is 12. The van der Waals surface area contributed by atoms with Crippen LogP contribution in [0.2, 0.25) is 5.02 Å². The molecule has 0 radical (unpaired) electrons. The summed E-state index contributed by atoms with van der Waals surface area (Å²) in [5.41, 5.74) is 2.89. The zero-order chi connectivity index (χ0) is 32.7. The highest BCUT2D eigenvalue weighted by Crippen LogP contribution is 2.28. The van der Waals surface area contributed by atoms with E-state index in [1.165, 1.54) is 4.90 Å². The second-order valence-electron chi connectivity index (χ2n) is 11.6. The van der Waals surface area contributed by atoms with E-state index >= 15 is 0 Å². The Morgan fingerprint density at radius 2 is 1.57 bits per heavy atom. The first-order chi connectivity index (χ1) is 22.1. The Morgan fingerprint density at radius 3 is 2.22 bits per heavy atom. The second-order valence-corrected chi connectivity index (χ2v) is 14.9. The third-order valence-corrected chi connectivity index (χ3v) is 10.8. The molecule has 1 aliphatic carbocycles. The molecular formula is C36H37BrClN3O4S. The Balaban J connectivity index is 1.56. The number of sulfonamides is 1. The molecule has 0 heterocycles. The molecule has 1 fully saturated rings. The molecule has 240 valence electrons. The normalized spacial score (nSPS) is 14.1. The summed E-state index contributed by atoms with van der Waals surface area (Å²) >= 11 is 9.62.